The van der Waals surface area contributed by atoms with Crippen LogP contribution in [0.4, 0.5) is 5.82 Å². The van der Waals surface area contributed by atoms with Crippen molar-refractivity contribution in [3.05, 3.63) is 28.1 Å². The van der Waals surface area contributed by atoms with Gasteiger partial charge < -0.3 is 19.4 Å². The van der Waals surface area contributed by atoms with Crippen molar-refractivity contribution < 1.29 is 19.0 Å². The van der Waals surface area contributed by atoms with E-state index in [2.05, 4.69) is 10.1 Å². The quantitative estimate of drug-likeness (QED) is 0.463. The Morgan fingerprint density at radius 1 is 1.63 bits per heavy atom. The van der Waals surface area contributed by atoms with E-state index in [9.17, 15) is 14.9 Å². The van der Waals surface area contributed by atoms with Crippen LogP contribution in [0, 0.1) is 10.1 Å². The molecule has 0 aromatic carbocycles. The fourth-order valence-corrected chi connectivity index (χ4v) is 1.49. The summed E-state index contributed by atoms with van der Waals surface area (Å²) in [6.07, 6.45) is 1.11. The highest BCUT2D eigenvalue weighted by atomic mass is 16.6. The number of ether oxygens (including phenoxy) is 1. The molecule has 0 atom stereocenters. The summed E-state index contributed by atoms with van der Waals surface area (Å²) in [7, 11) is 1.47. The van der Waals surface area contributed by atoms with E-state index in [1.54, 1.807) is 6.92 Å². The van der Waals surface area contributed by atoms with Crippen LogP contribution >= 0.6 is 0 Å². The maximum absolute atomic E-state index is 11.4. The van der Waals surface area contributed by atoms with Crippen LogP contribution in [0.2, 0.25) is 0 Å². The van der Waals surface area contributed by atoms with E-state index in [1.165, 1.54) is 17.7 Å². The minimum atomic E-state index is -0.648. The van der Waals surface area contributed by atoms with Gasteiger partial charge in [-0.2, -0.15) is 0 Å². The third kappa shape index (κ3) is 2.30. The minimum absolute atomic E-state index is 0.0810. The van der Waals surface area contributed by atoms with Crippen molar-refractivity contribution in [2.45, 2.75) is 6.92 Å². The third-order valence-electron chi connectivity index (χ3n) is 2.37. The van der Waals surface area contributed by atoms with Gasteiger partial charge in [-0.25, -0.2) is 14.3 Å². The highest BCUT2D eigenvalue weighted by molar-refractivity contribution is 5.87. The zero-order chi connectivity index (χ0) is 14.0. The Bertz CT molecular complexity index is 630. The van der Waals surface area contributed by atoms with Crippen molar-refractivity contribution in [1.82, 2.24) is 14.7 Å². The topological polar surface area (TPSA) is 113 Å². The molecule has 0 unspecified atom stereocenters. The van der Waals surface area contributed by atoms with E-state index >= 15 is 0 Å². The summed E-state index contributed by atoms with van der Waals surface area (Å²) in [4.78, 5) is 25.4. The first kappa shape index (κ1) is 12.7. The fraction of sp³-hybridized carbons (Fsp3) is 0.300. The molecule has 0 amide bonds. The van der Waals surface area contributed by atoms with Gasteiger partial charge in [0.25, 0.3) is 5.82 Å². The van der Waals surface area contributed by atoms with Gasteiger partial charge in [0, 0.05) is 6.07 Å². The molecule has 0 saturated heterocycles. The SMILES string of the molecule is CCOC(=O)c1cc(-c2ncc([N+](=O)[O-])n2C)no1. The molecule has 0 aliphatic heterocycles. The molecule has 0 N–H and O–H groups in total. The second-order valence-electron chi connectivity index (χ2n) is 3.55. The Balaban J connectivity index is 2.33. The summed E-state index contributed by atoms with van der Waals surface area (Å²) in [5.41, 5.74) is 0.221. The third-order valence-corrected chi connectivity index (χ3v) is 2.37. The molecule has 0 spiro atoms. The van der Waals surface area contributed by atoms with Crippen molar-refractivity contribution in [3.8, 4) is 11.5 Å². The zero-order valence-electron chi connectivity index (χ0n) is 10.2. The molecule has 0 bridgehead atoms. The Morgan fingerprint density at radius 3 is 2.95 bits per heavy atom. The number of carbonyl (C=O) groups is 1. The molecule has 0 saturated carbocycles. The molecule has 0 aliphatic carbocycles. The van der Waals surface area contributed by atoms with Crippen LogP contribution in [0.25, 0.3) is 11.5 Å². The summed E-state index contributed by atoms with van der Waals surface area (Å²) < 4.78 is 10.8. The van der Waals surface area contributed by atoms with Crippen LogP contribution in [0.1, 0.15) is 17.5 Å². The predicted octanol–water partition coefficient (Wildman–Crippen LogP) is 1.16. The number of hydrogen-bond acceptors (Lipinski definition) is 7. The van der Waals surface area contributed by atoms with Crippen LogP contribution in [0.15, 0.2) is 16.8 Å². The Hall–Kier alpha value is -2.71. The summed E-state index contributed by atoms with van der Waals surface area (Å²) in [6, 6.07) is 1.32. The molecule has 2 aromatic rings. The van der Waals surface area contributed by atoms with Crippen molar-refractivity contribution in [2.24, 2.45) is 7.05 Å². The van der Waals surface area contributed by atoms with Gasteiger partial charge in [0.1, 0.15) is 6.20 Å². The summed E-state index contributed by atoms with van der Waals surface area (Å²) in [5.74, 6) is -0.686. The maximum atomic E-state index is 11.4. The van der Waals surface area contributed by atoms with Crippen molar-refractivity contribution in [3.63, 3.8) is 0 Å². The molecule has 2 aromatic heterocycles. The Labute approximate surface area is 106 Å². The van der Waals surface area contributed by atoms with Crippen LogP contribution < -0.4 is 0 Å². The first-order valence-corrected chi connectivity index (χ1v) is 5.35. The first-order valence-electron chi connectivity index (χ1n) is 5.35. The predicted molar refractivity (Wildman–Crippen MR) is 61.3 cm³/mol. The fourth-order valence-electron chi connectivity index (χ4n) is 1.49. The summed E-state index contributed by atoms with van der Waals surface area (Å²) >= 11 is 0. The second kappa shape index (κ2) is 4.88. The monoisotopic (exact) mass is 266 g/mol. The normalized spacial score (nSPS) is 10.4. The van der Waals surface area contributed by atoms with E-state index < -0.39 is 10.9 Å². The molecular weight excluding hydrogens is 256 g/mol. The van der Waals surface area contributed by atoms with Crippen LogP contribution in [0.5, 0.6) is 0 Å². The van der Waals surface area contributed by atoms with E-state index in [-0.39, 0.29) is 29.7 Å². The molecule has 0 aliphatic rings. The molecule has 2 rings (SSSR count). The lowest BCUT2D eigenvalue weighted by atomic mass is 10.3. The van der Waals surface area contributed by atoms with Gasteiger partial charge in [0.2, 0.25) is 5.76 Å². The number of imidazole rings is 1. The molecule has 19 heavy (non-hydrogen) atoms. The second-order valence-corrected chi connectivity index (χ2v) is 3.55. The average Bonchev–Trinajstić information content (AvgIpc) is 2.95. The smallest absolute Gasteiger partial charge is 0.377 e. The van der Waals surface area contributed by atoms with E-state index in [0.29, 0.717) is 0 Å². The van der Waals surface area contributed by atoms with Gasteiger partial charge in [-0.3, -0.25) is 0 Å². The minimum Gasteiger partial charge on any atom is -0.460 e. The van der Waals surface area contributed by atoms with Crippen LogP contribution in [0.3, 0.4) is 0 Å². The molecule has 9 nitrogen and oxygen atoms in total. The Kier molecular flexibility index (Phi) is 3.27. The highest BCUT2D eigenvalue weighted by Gasteiger charge is 2.23. The van der Waals surface area contributed by atoms with Gasteiger partial charge in [0.05, 0.1) is 13.7 Å². The standard InChI is InChI=1S/C10H10N4O5/c1-3-18-10(15)7-4-6(12-19-7)9-11-5-8(13(9)2)14(16)17/h4-5H,3H2,1-2H3. The lowest BCUT2D eigenvalue weighted by Gasteiger charge is -1.95. The van der Waals surface area contributed by atoms with Gasteiger partial charge in [0.15, 0.2) is 5.69 Å². The number of carbonyl (C=O) groups excluding carboxylic acids is 1. The van der Waals surface area contributed by atoms with E-state index in [0.717, 1.165) is 6.20 Å². The van der Waals surface area contributed by atoms with Crippen molar-refractivity contribution in [2.75, 3.05) is 6.61 Å². The van der Waals surface area contributed by atoms with Gasteiger partial charge in [-0.1, -0.05) is 5.16 Å². The largest absolute Gasteiger partial charge is 0.460 e. The highest BCUT2D eigenvalue weighted by Crippen LogP contribution is 2.22. The van der Waals surface area contributed by atoms with Gasteiger partial charge >= 0.3 is 11.8 Å². The molecule has 0 fully saturated rings. The van der Waals surface area contributed by atoms with Crippen molar-refractivity contribution in [1.29, 1.82) is 0 Å². The molecule has 2 heterocycles. The van der Waals surface area contributed by atoms with E-state index in [4.69, 9.17) is 9.26 Å². The zero-order valence-corrected chi connectivity index (χ0v) is 10.2. The number of hydrogen-bond donors (Lipinski definition) is 0. The van der Waals surface area contributed by atoms with E-state index in [1.807, 2.05) is 0 Å². The lowest BCUT2D eigenvalue weighted by molar-refractivity contribution is -0.391. The van der Waals surface area contributed by atoms with Crippen LogP contribution in [-0.4, -0.2) is 32.2 Å². The number of nitro groups is 1. The Morgan fingerprint density at radius 2 is 2.37 bits per heavy atom. The molecular formula is C10H10N4O5. The number of aromatic nitrogens is 3. The molecule has 0 radical (unpaired) electrons. The molecule has 9 heteroatoms. The van der Waals surface area contributed by atoms with Gasteiger partial charge in [-0.05, 0) is 11.8 Å². The first-order chi connectivity index (χ1) is 9.04. The number of nitrogens with zero attached hydrogens (tertiary/aromatic N) is 4. The van der Waals surface area contributed by atoms with Gasteiger partial charge in [-0.15, -0.1) is 0 Å². The number of esters is 1. The lowest BCUT2D eigenvalue weighted by Crippen LogP contribution is -2.02. The summed E-state index contributed by atoms with van der Waals surface area (Å²) in [6.45, 7) is 1.88. The number of rotatable bonds is 4. The summed E-state index contributed by atoms with van der Waals surface area (Å²) in [5, 5.41) is 14.3. The molecule has 100 valence electrons. The average molecular weight is 266 g/mol. The van der Waals surface area contributed by atoms with Crippen LogP contribution in [-0.2, 0) is 11.8 Å². The maximum Gasteiger partial charge on any atom is 0.377 e. The van der Waals surface area contributed by atoms with Crippen molar-refractivity contribution >= 4 is 11.8 Å².